The number of hydrogen-bond donors (Lipinski definition) is 0. The maximum Gasteiger partial charge on any atom is 0.293 e. The summed E-state index contributed by atoms with van der Waals surface area (Å²) < 4.78 is 57.9. The summed E-state index contributed by atoms with van der Waals surface area (Å²) in [5.74, 6) is -2.04. The molecule has 0 amide bonds. The van der Waals surface area contributed by atoms with Crippen molar-refractivity contribution in [2.45, 2.75) is 17.9 Å². The van der Waals surface area contributed by atoms with Crippen molar-refractivity contribution in [3.63, 3.8) is 0 Å². The molecule has 0 N–H and O–H groups in total. The van der Waals surface area contributed by atoms with Gasteiger partial charge in [-0.1, -0.05) is 6.07 Å². The molecule has 140 valence electrons. The molecule has 0 fully saturated rings. The summed E-state index contributed by atoms with van der Waals surface area (Å²) >= 11 is 0. The van der Waals surface area contributed by atoms with Gasteiger partial charge in [-0.05, 0) is 36.8 Å². The molecule has 2 rings (SSSR count). The van der Waals surface area contributed by atoms with Gasteiger partial charge in [-0.2, -0.15) is 4.31 Å². The quantitative estimate of drug-likeness (QED) is 0.561. The molecule has 2 aromatic rings. The molecule has 0 radical (unpaired) electrons. The van der Waals surface area contributed by atoms with Crippen LogP contribution in [0.1, 0.15) is 18.5 Å². The largest absolute Gasteiger partial charge is 0.497 e. The van der Waals surface area contributed by atoms with Crippen LogP contribution in [0.15, 0.2) is 41.3 Å². The van der Waals surface area contributed by atoms with E-state index in [1.165, 1.54) is 33.2 Å². The van der Waals surface area contributed by atoms with Crippen molar-refractivity contribution in [3.05, 3.63) is 63.7 Å². The van der Waals surface area contributed by atoms with Gasteiger partial charge in [0.15, 0.2) is 16.5 Å². The molecule has 0 saturated carbocycles. The molecular weight excluding hydrogens is 370 g/mol. The Morgan fingerprint density at radius 3 is 2.35 bits per heavy atom. The minimum absolute atomic E-state index is 0.131. The van der Waals surface area contributed by atoms with Crippen LogP contribution in [0.5, 0.6) is 5.75 Å². The van der Waals surface area contributed by atoms with Gasteiger partial charge in [0, 0.05) is 13.1 Å². The first kappa shape index (κ1) is 19.7. The lowest BCUT2D eigenvalue weighted by Gasteiger charge is -2.24. The van der Waals surface area contributed by atoms with E-state index in [2.05, 4.69) is 0 Å². The van der Waals surface area contributed by atoms with Gasteiger partial charge < -0.3 is 4.74 Å². The number of nitro groups is 1. The Labute approximate surface area is 149 Å². The molecule has 26 heavy (non-hydrogen) atoms. The Morgan fingerprint density at radius 2 is 1.81 bits per heavy atom. The normalized spacial score (nSPS) is 12.8. The fourth-order valence-electron chi connectivity index (χ4n) is 2.33. The molecule has 0 aliphatic rings. The fourth-order valence-corrected chi connectivity index (χ4v) is 3.82. The third kappa shape index (κ3) is 3.65. The predicted octanol–water partition coefficient (Wildman–Crippen LogP) is 3.26. The summed E-state index contributed by atoms with van der Waals surface area (Å²) in [7, 11) is -1.79. The van der Waals surface area contributed by atoms with E-state index in [1.807, 2.05) is 0 Å². The summed E-state index contributed by atoms with van der Waals surface area (Å²) in [4.78, 5) is 9.90. The first-order chi connectivity index (χ1) is 12.1. The maximum atomic E-state index is 13.4. The van der Waals surface area contributed by atoms with Gasteiger partial charge in [0.05, 0.1) is 18.1 Å². The Hall–Kier alpha value is -2.59. The van der Waals surface area contributed by atoms with Crippen molar-refractivity contribution in [2.75, 3.05) is 14.2 Å². The Morgan fingerprint density at radius 1 is 1.15 bits per heavy atom. The van der Waals surface area contributed by atoms with Crippen LogP contribution >= 0.6 is 0 Å². The molecule has 0 aliphatic carbocycles. The lowest BCUT2D eigenvalue weighted by atomic mass is 10.1. The fraction of sp³-hybridized carbons (Fsp3) is 0.250. The number of sulfonamides is 1. The van der Waals surface area contributed by atoms with Gasteiger partial charge in [0.25, 0.3) is 5.69 Å². The summed E-state index contributed by atoms with van der Waals surface area (Å²) in [5.41, 5.74) is -0.445. The monoisotopic (exact) mass is 386 g/mol. The van der Waals surface area contributed by atoms with Crippen LogP contribution in [-0.2, 0) is 10.0 Å². The van der Waals surface area contributed by atoms with Gasteiger partial charge in [-0.3, -0.25) is 10.1 Å². The van der Waals surface area contributed by atoms with E-state index in [0.29, 0.717) is 0 Å². The van der Waals surface area contributed by atoms with Gasteiger partial charge in [-0.25, -0.2) is 17.2 Å². The molecule has 1 atom stereocenters. The summed E-state index contributed by atoms with van der Waals surface area (Å²) in [6.07, 6.45) is 0. The number of nitro benzene ring substituents is 1. The van der Waals surface area contributed by atoms with E-state index < -0.39 is 43.2 Å². The molecule has 1 unspecified atom stereocenters. The van der Waals surface area contributed by atoms with Crippen molar-refractivity contribution in [1.82, 2.24) is 4.31 Å². The molecule has 10 heteroatoms. The average Bonchev–Trinajstić information content (AvgIpc) is 2.61. The molecule has 0 heterocycles. The maximum absolute atomic E-state index is 13.4. The average molecular weight is 386 g/mol. The van der Waals surface area contributed by atoms with Crippen molar-refractivity contribution < 1.29 is 26.9 Å². The highest BCUT2D eigenvalue weighted by Gasteiger charge is 2.33. The van der Waals surface area contributed by atoms with E-state index >= 15 is 0 Å². The van der Waals surface area contributed by atoms with E-state index in [9.17, 15) is 27.3 Å². The molecule has 7 nitrogen and oxygen atoms in total. The highest BCUT2D eigenvalue weighted by Crippen LogP contribution is 2.33. The zero-order valence-electron chi connectivity index (χ0n) is 14.1. The SMILES string of the molecule is COc1ccc(S(=O)(=O)N(C)C(C)c2ccc(F)c(F)c2)c([N+](=O)[O-])c1. The molecular formula is C16H16F2N2O5S. The van der Waals surface area contributed by atoms with Crippen molar-refractivity contribution >= 4 is 15.7 Å². The highest BCUT2D eigenvalue weighted by atomic mass is 32.2. The lowest BCUT2D eigenvalue weighted by Crippen LogP contribution is -2.30. The number of benzene rings is 2. The lowest BCUT2D eigenvalue weighted by molar-refractivity contribution is -0.387. The predicted molar refractivity (Wildman–Crippen MR) is 89.4 cm³/mol. The smallest absolute Gasteiger partial charge is 0.293 e. The van der Waals surface area contributed by atoms with Gasteiger partial charge in [-0.15, -0.1) is 0 Å². The van der Waals surface area contributed by atoms with Crippen molar-refractivity contribution in [2.24, 2.45) is 0 Å². The standard InChI is InChI=1S/C16H16F2N2O5S/c1-10(11-4-6-13(17)14(18)8-11)19(2)26(23,24)16-7-5-12(25-3)9-15(16)20(21)22/h4-10H,1-3H3. The second kappa shape index (κ2) is 7.34. The van der Waals surface area contributed by atoms with Crippen LogP contribution in [0.2, 0.25) is 0 Å². The number of rotatable bonds is 6. The number of methoxy groups -OCH3 is 1. The number of halogens is 2. The minimum Gasteiger partial charge on any atom is -0.497 e. The number of ether oxygens (including phenoxy) is 1. The van der Waals surface area contributed by atoms with Crippen molar-refractivity contribution in [3.8, 4) is 5.75 Å². The van der Waals surface area contributed by atoms with Crippen LogP contribution in [0.25, 0.3) is 0 Å². The summed E-state index contributed by atoms with van der Waals surface area (Å²) in [6.45, 7) is 1.46. The van der Waals surface area contributed by atoms with E-state index in [-0.39, 0.29) is 11.3 Å². The molecule has 0 aromatic heterocycles. The Kier molecular flexibility index (Phi) is 5.57. The van der Waals surface area contributed by atoms with E-state index in [4.69, 9.17) is 4.74 Å². The van der Waals surface area contributed by atoms with Crippen LogP contribution in [0.3, 0.4) is 0 Å². The van der Waals surface area contributed by atoms with Gasteiger partial charge in [0.2, 0.25) is 10.0 Å². The first-order valence-electron chi connectivity index (χ1n) is 7.35. The summed E-state index contributed by atoms with van der Waals surface area (Å²) in [5, 5.41) is 11.3. The van der Waals surface area contributed by atoms with Crippen LogP contribution in [0, 0.1) is 21.7 Å². The third-order valence-electron chi connectivity index (χ3n) is 3.99. The molecule has 0 aliphatic heterocycles. The second-order valence-electron chi connectivity index (χ2n) is 5.46. The van der Waals surface area contributed by atoms with E-state index in [1.54, 1.807) is 0 Å². The topological polar surface area (TPSA) is 89.8 Å². The minimum atomic E-state index is -4.29. The van der Waals surface area contributed by atoms with E-state index in [0.717, 1.165) is 28.6 Å². The van der Waals surface area contributed by atoms with Gasteiger partial charge >= 0.3 is 0 Å². The van der Waals surface area contributed by atoms with Gasteiger partial charge in [0.1, 0.15) is 5.75 Å². The third-order valence-corrected chi connectivity index (χ3v) is 5.97. The highest BCUT2D eigenvalue weighted by molar-refractivity contribution is 7.89. The molecule has 2 aromatic carbocycles. The van der Waals surface area contributed by atoms with Crippen LogP contribution in [0.4, 0.5) is 14.5 Å². The first-order valence-corrected chi connectivity index (χ1v) is 8.79. The number of nitrogens with zero attached hydrogens (tertiary/aromatic N) is 2. The summed E-state index contributed by atoms with van der Waals surface area (Å²) in [6, 6.07) is 5.49. The molecule has 0 bridgehead atoms. The second-order valence-corrected chi connectivity index (χ2v) is 7.43. The van der Waals surface area contributed by atoms with Crippen LogP contribution < -0.4 is 4.74 Å². The Balaban J connectivity index is 2.49. The Bertz CT molecular complexity index is 950. The zero-order valence-corrected chi connectivity index (χ0v) is 15.0. The number of hydrogen-bond acceptors (Lipinski definition) is 5. The molecule has 0 spiro atoms. The van der Waals surface area contributed by atoms with Crippen molar-refractivity contribution in [1.29, 1.82) is 0 Å². The zero-order chi connectivity index (χ0) is 19.6. The van der Waals surface area contributed by atoms with Crippen LogP contribution in [-0.4, -0.2) is 31.8 Å². The molecule has 0 saturated heterocycles.